The van der Waals surface area contributed by atoms with Crippen LogP contribution in [0, 0.1) is 5.92 Å². The van der Waals surface area contributed by atoms with Crippen molar-refractivity contribution in [1.29, 1.82) is 0 Å². The number of nitrogens with one attached hydrogen (secondary N) is 1. The summed E-state index contributed by atoms with van der Waals surface area (Å²) >= 11 is 1.76. The number of thioether (sulfide) groups is 1. The first-order valence-corrected chi connectivity index (χ1v) is 11.1. The van der Waals surface area contributed by atoms with Gasteiger partial charge in [0.2, 0.25) is 0 Å². The van der Waals surface area contributed by atoms with Crippen LogP contribution in [0.15, 0.2) is 59.4 Å². The number of imidazole rings is 1. The van der Waals surface area contributed by atoms with Crippen LogP contribution in [0.1, 0.15) is 18.0 Å². The quantitative estimate of drug-likeness (QED) is 0.798. The molecule has 5 nitrogen and oxygen atoms in total. The Labute approximate surface area is 175 Å². The topological polar surface area (TPSA) is 50.2 Å². The van der Waals surface area contributed by atoms with Crippen LogP contribution in [0.5, 0.6) is 0 Å². The lowest BCUT2D eigenvalue weighted by Crippen LogP contribution is -2.44. The van der Waals surface area contributed by atoms with Gasteiger partial charge in [0.05, 0.1) is 17.0 Å². The SMILES string of the molecule is CNCc1ccc(-c2cn3c(n2)SC2C=C(C(=O)CC4CN(C)C4)C=CC23)cc1. The molecule has 2 unspecified atom stereocenters. The number of nitrogens with zero attached hydrogens (tertiary/aromatic N) is 3. The number of likely N-dealkylation sites (tertiary alicyclic amines) is 1. The van der Waals surface area contributed by atoms with Crippen molar-refractivity contribution in [1.82, 2.24) is 19.8 Å². The fraction of sp³-hybridized carbons (Fsp3) is 0.391. The van der Waals surface area contributed by atoms with E-state index in [9.17, 15) is 4.79 Å². The van der Waals surface area contributed by atoms with Crippen LogP contribution < -0.4 is 5.32 Å². The molecule has 1 N–H and O–H groups in total. The van der Waals surface area contributed by atoms with Crippen LogP contribution in [0.2, 0.25) is 0 Å². The summed E-state index contributed by atoms with van der Waals surface area (Å²) in [5.41, 5.74) is 4.29. The lowest BCUT2D eigenvalue weighted by Gasteiger charge is -2.36. The van der Waals surface area contributed by atoms with Crippen molar-refractivity contribution in [3.8, 4) is 11.3 Å². The van der Waals surface area contributed by atoms with E-state index in [0.29, 0.717) is 12.3 Å². The monoisotopic (exact) mass is 406 g/mol. The van der Waals surface area contributed by atoms with Crippen LogP contribution in [-0.4, -0.2) is 52.7 Å². The molecule has 1 fully saturated rings. The molecule has 0 spiro atoms. The summed E-state index contributed by atoms with van der Waals surface area (Å²) in [5, 5.41) is 4.47. The van der Waals surface area contributed by atoms with Gasteiger partial charge in [0.25, 0.3) is 0 Å². The van der Waals surface area contributed by atoms with Crippen molar-refractivity contribution in [3.05, 3.63) is 59.8 Å². The van der Waals surface area contributed by atoms with E-state index in [1.807, 2.05) is 13.1 Å². The zero-order chi connectivity index (χ0) is 20.0. The predicted octanol–water partition coefficient (Wildman–Crippen LogP) is 3.30. The Balaban J connectivity index is 1.29. The van der Waals surface area contributed by atoms with E-state index < -0.39 is 0 Å². The standard InChI is InChI=1S/C23H26N4OS/c1-24-11-15-3-5-17(6-4-15)19-14-27-20-8-7-18(10-22(20)29-23(27)25-19)21(28)9-16-12-26(2)13-16/h3-8,10,14,16,20,22,24H,9,11-13H2,1-2H3. The molecule has 6 heteroatoms. The molecule has 2 aromatic rings. The highest BCUT2D eigenvalue weighted by molar-refractivity contribution is 8.00. The van der Waals surface area contributed by atoms with Crippen molar-refractivity contribution in [2.45, 2.75) is 29.4 Å². The van der Waals surface area contributed by atoms with E-state index in [4.69, 9.17) is 4.98 Å². The van der Waals surface area contributed by atoms with Crippen LogP contribution in [0.25, 0.3) is 11.3 Å². The van der Waals surface area contributed by atoms with Crippen molar-refractivity contribution in [3.63, 3.8) is 0 Å². The Morgan fingerprint density at radius 3 is 2.79 bits per heavy atom. The fourth-order valence-electron chi connectivity index (χ4n) is 4.46. The maximum atomic E-state index is 12.6. The molecule has 3 heterocycles. The van der Waals surface area contributed by atoms with E-state index in [0.717, 1.165) is 41.6 Å². The van der Waals surface area contributed by atoms with Gasteiger partial charge in [0, 0.05) is 43.4 Å². The first-order chi connectivity index (χ1) is 14.1. The number of allylic oxidation sites excluding steroid dienone is 3. The highest BCUT2D eigenvalue weighted by Gasteiger charge is 2.35. The second kappa shape index (κ2) is 7.59. The molecule has 1 aliphatic carbocycles. The number of hydrogen-bond donors (Lipinski definition) is 1. The van der Waals surface area contributed by atoms with Gasteiger partial charge in [-0.05, 0) is 25.6 Å². The summed E-state index contributed by atoms with van der Waals surface area (Å²) in [5.74, 6) is 0.804. The van der Waals surface area contributed by atoms with Crippen molar-refractivity contribution in [2.75, 3.05) is 27.2 Å². The number of carbonyl (C=O) groups excluding carboxylic acids is 1. The second-order valence-corrected chi connectivity index (χ2v) is 9.46. The van der Waals surface area contributed by atoms with Crippen LogP contribution >= 0.6 is 11.8 Å². The van der Waals surface area contributed by atoms with Crippen LogP contribution in [-0.2, 0) is 11.3 Å². The Kier molecular flexibility index (Phi) is 4.94. The van der Waals surface area contributed by atoms with Gasteiger partial charge < -0.3 is 14.8 Å². The van der Waals surface area contributed by atoms with Crippen molar-refractivity contribution >= 4 is 17.5 Å². The summed E-state index contributed by atoms with van der Waals surface area (Å²) in [7, 11) is 4.06. The van der Waals surface area contributed by atoms with Gasteiger partial charge in [0.1, 0.15) is 0 Å². The minimum Gasteiger partial charge on any atom is -0.317 e. The molecule has 29 heavy (non-hydrogen) atoms. The molecule has 0 amide bonds. The Bertz CT molecular complexity index is 985. The molecule has 1 aromatic heterocycles. The number of Topliss-reactive ketones (excluding diaryl/α,β-unsaturated/α-hetero) is 1. The summed E-state index contributed by atoms with van der Waals surface area (Å²) in [6.07, 6.45) is 9.17. The fourth-order valence-corrected chi connectivity index (χ4v) is 5.72. The maximum absolute atomic E-state index is 12.6. The van der Waals surface area contributed by atoms with E-state index >= 15 is 0 Å². The van der Waals surface area contributed by atoms with E-state index in [1.165, 1.54) is 5.56 Å². The number of rotatable bonds is 6. The average molecular weight is 407 g/mol. The molecular formula is C23H26N4OS. The molecule has 0 saturated carbocycles. The molecule has 2 atom stereocenters. The minimum absolute atomic E-state index is 0.242. The van der Waals surface area contributed by atoms with Gasteiger partial charge in [0.15, 0.2) is 10.9 Å². The second-order valence-electron chi connectivity index (χ2n) is 8.31. The Hall–Kier alpha value is -2.15. The Morgan fingerprint density at radius 1 is 1.28 bits per heavy atom. The van der Waals surface area contributed by atoms with Gasteiger partial charge in [-0.25, -0.2) is 4.98 Å². The number of ketones is 1. The Morgan fingerprint density at radius 2 is 2.07 bits per heavy atom. The molecule has 1 saturated heterocycles. The zero-order valence-corrected chi connectivity index (χ0v) is 17.7. The molecule has 3 aliphatic rings. The summed E-state index contributed by atoms with van der Waals surface area (Å²) in [6.45, 7) is 2.95. The first-order valence-electron chi connectivity index (χ1n) is 10.2. The molecule has 0 bridgehead atoms. The van der Waals surface area contributed by atoms with Crippen molar-refractivity contribution in [2.24, 2.45) is 5.92 Å². The van der Waals surface area contributed by atoms with Gasteiger partial charge in [-0.2, -0.15) is 0 Å². The van der Waals surface area contributed by atoms with E-state index in [2.05, 4.69) is 64.4 Å². The summed E-state index contributed by atoms with van der Waals surface area (Å²) < 4.78 is 2.25. The van der Waals surface area contributed by atoms with Crippen LogP contribution in [0.4, 0.5) is 0 Å². The summed E-state index contributed by atoms with van der Waals surface area (Å²) in [6, 6.07) is 8.81. The van der Waals surface area contributed by atoms with Gasteiger partial charge in [-0.15, -0.1) is 0 Å². The number of benzene rings is 1. The lowest BCUT2D eigenvalue weighted by atomic mass is 9.90. The molecule has 5 rings (SSSR count). The molecule has 150 valence electrons. The van der Waals surface area contributed by atoms with Crippen molar-refractivity contribution < 1.29 is 4.79 Å². The predicted molar refractivity (Wildman–Crippen MR) is 117 cm³/mol. The van der Waals surface area contributed by atoms with Crippen LogP contribution in [0.3, 0.4) is 0 Å². The van der Waals surface area contributed by atoms with Gasteiger partial charge in [-0.3, -0.25) is 4.79 Å². The minimum atomic E-state index is 0.242. The highest BCUT2D eigenvalue weighted by atomic mass is 32.2. The highest BCUT2D eigenvalue weighted by Crippen LogP contribution is 2.44. The van der Waals surface area contributed by atoms with E-state index in [-0.39, 0.29) is 17.1 Å². The number of carbonyl (C=O) groups is 1. The molecular weight excluding hydrogens is 380 g/mol. The third-order valence-electron chi connectivity index (χ3n) is 5.98. The zero-order valence-electron chi connectivity index (χ0n) is 16.8. The van der Waals surface area contributed by atoms with E-state index in [1.54, 1.807) is 11.8 Å². The van der Waals surface area contributed by atoms with Gasteiger partial charge >= 0.3 is 0 Å². The largest absolute Gasteiger partial charge is 0.317 e. The maximum Gasteiger partial charge on any atom is 0.169 e. The molecule has 0 radical (unpaired) electrons. The molecule has 1 aromatic carbocycles. The normalized spacial score (nSPS) is 23.4. The third kappa shape index (κ3) is 3.61. The summed E-state index contributed by atoms with van der Waals surface area (Å²) in [4.78, 5) is 19.8. The number of hydrogen-bond acceptors (Lipinski definition) is 5. The number of aromatic nitrogens is 2. The first kappa shape index (κ1) is 18.9. The molecule has 2 aliphatic heterocycles. The third-order valence-corrected chi connectivity index (χ3v) is 7.18. The number of fused-ring (bicyclic) bond motifs is 3. The lowest BCUT2D eigenvalue weighted by molar-refractivity contribution is -0.117. The smallest absolute Gasteiger partial charge is 0.169 e. The average Bonchev–Trinajstić information content (AvgIpc) is 3.25. The van der Waals surface area contributed by atoms with Gasteiger partial charge in [-0.1, -0.05) is 54.3 Å².